The van der Waals surface area contributed by atoms with Gasteiger partial charge in [-0.25, -0.2) is 0 Å². The van der Waals surface area contributed by atoms with Crippen LogP contribution in [0.5, 0.6) is 5.75 Å². The van der Waals surface area contributed by atoms with E-state index in [9.17, 15) is 9.59 Å². The summed E-state index contributed by atoms with van der Waals surface area (Å²) in [6.45, 7) is 17.1. The fourth-order valence-corrected chi connectivity index (χ4v) is 6.44. The van der Waals surface area contributed by atoms with Crippen LogP contribution in [0.25, 0.3) is 22.4 Å². The zero-order valence-corrected chi connectivity index (χ0v) is 28.2. The number of pyridine rings is 1. The van der Waals surface area contributed by atoms with E-state index in [1.807, 2.05) is 53.9 Å². The quantitative estimate of drug-likeness (QED) is 0.175. The summed E-state index contributed by atoms with van der Waals surface area (Å²) in [7, 11) is -2.31. The van der Waals surface area contributed by atoms with Crippen molar-refractivity contribution in [3.05, 3.63) is 89.4 Å². The molecular weight excluding hydrogens is 565 g/mol. The van der Waals surface area contributed by atoms with Crippen LogP contribution in [-0.2, 0) is 13.2 Å². The zero-order chi connectivity index (χ0) is 31.6. The number of aryl methyl sites for hydroxylation is 1. The summed E-state index contributed by atoms with van der Waals surface area (Å²) in [5.41, 5.74) is 7.56. The highest BCUT2D eigenvalue weighted by Crippen LogP contribution is 2.41. The van der Waals surface area contributed by atoms with Gasteiger partial charge in [-0.2, -0.15) is 5.10 Å². The van der Waals surface area contributed by atoms with E-state index in [0.29, 0.717) is 37.9 Å². The third kappa shape index (κ3) is 6.66. The largest absolute Gasteiger partial charge is 0.489 e. The molecule has 1 amide bonds. The van der Waals surface area contributed by atoms with Gasteiger partial charge in [0.1, 0.15) is 23.7 Å². The van der Waals surface area contributed by atoms with Gasteiger partial charge in [-0.05, 0) is 90.3 Å². The number of aromatic nitrogens is 3. The SMILES string of the molecule is Cc1cc(-c2c(-c3ccncc3)nn3c2C(=O)N(CCCC(C)(C)[Si](C)(C)O)CC3)ccc1OCc1ccc(C(C)C)cc1. The molecule has 0 saturated heterocycles. The van der Waals surface area contributed by atoms with Crippen molar-refractivity contribution >= 4 is 14.2 Å². The Kier molecular flexibility index (Phi) is 9.14. The summed E-state index contributed by atoms with van der Waals surface area (Å²) < 4.78 is 8.11. The molecule has 0 saturated carbocycles. The monoisotopic (exact) mass is 610 g/mol. The van der Waals surface area contributed by atoms with Crippen LogP contribution in [0.1, 0.15) is 73.6 Å². The molecule has 0 aliphatic carbocycles. The maximum Gasteiger partial charge on any atom is 0.272 e. The predicted molar refractivity (Wildman–Crippen MR) is 179 cm³/mol. The lowest BCUT2D eigenvalue weighted by molar-refractivity contribution is 0.0694. The Hall–Kier alpha value is -3.75. The van der Waals surface area contributed by atoms with Gasteiger partial charge in [0.15, 0.2) is 8.32 Å². The molecule has 1 N–H and O–H groups in total. The average molecular weight is 611 g/mol. The van der Waals surface area contributed by atoms with Gasteiger partial charge in [-0.3, -0.25) is 14.5 Å². The van der Waals surface area contributed by atoms with Crippen LogP contribution >= 0.6 is 0 Å². The van der Waals surface area contributed by atoms with E-state index >= 15 is 0 Å². The van der Waals surface area contributed by atoms with Crippen molar-refractivity contribution in [1.29, 1.82) is 0 Å². The third-order valence-corrected chi connectivity index (χ3v) is 12.9. The number of rotatable bonds is 11. The topological polar surface area (TPSA) is 80.5 Å². The highest BCUT2D eigenvalue weighted by atomic mass is 28.4. The maximum absolute atomic E-state index is 14.1. The van der Waals surface area contributed by atoms with Crippen LogP contribution < -0.4 is 4.74 Å². The minimum atomic E-state index is -2.31. The van der Waals surface area contributed by atoms with Crippen molar-refractivity contribution in [3.8, 4) is 28.1 Å². The zero-order valence-electron chi connectivity index (χ0n) is 27.2. The summed E-state index contributed by atoms with van der Waals surface area (Å²) in [6.07, 6.45) is 5.25. The Bertz CT molecular complexity index is 1610. The van der Waals surface area contributed by atoms with Crippen LogP contribution in [0.4, 0.5) is 0 Å². The Morgan fingerprint density at radius 2 is 1.70 bits per heavy atom. The predicted octanol–water partition coefficient (Wildman–Crippen LogP) is 7.84. The van der Waals surface area contributed by atoms with Crippen molar-refractivity contribution in [2.24, 2.45) is 0 Å². The molecule has 44 heavy (non-hydrogen) atoms. The number of carbonyl (C=O) groups is 1. The van der Waals surface area contributed by atoms with E-state index in [0.717, 1.165) is 52.1 Å². The van der Waals surface area contributed by atoms with Crippen molar-refractivity contribution in [2.75, 3.05) is 13.1 Å². The third-order valence-electron chi connectivity index (χ3n) is 9.37. The second-order valence-corrected chi connectivity index (χ2v) is 18.0. The van der Waals surface area contributed by atoms with Gasteiger partial charge in [0, 0.05) is 36.6 Å². The fourth-order valence-electron chi connectivity index (χ4n) is 5.65. The number of ether oxygens (including phenoxy) is 1. The molecule has 2 aromatic carbocycles. The number of fused-ring (bicyclic) bond motifs is 1. The van der Waals surface area contributed by atoms with Crippen molar-refractivity contribution in [1.82, 2.24) is 19.7 Å². The highest BCUT2D eigenvalue weighted by molar-refractivity contribution is 6.72. The van der Waals surface area contributed by atoms with Gasteiger partial charge >= 0.3 is 0 Å². The van der Waals surface area contributed by atoms with Crippen LogP contribution in [0.2, 0.25) is 18.1 Å². The van der Waals surface area contributed by atoms with Gasteiger partial charge < -0.3 is 14.4 Å². The van der Waals surface area contributed by atoms with Crippen molar-refractivity contribution in [2.45, 2.75) is 84.7 Å². The highest BCUT2D eigenvalue weighted by Gasteiger charge is 2.38. The number of hydrogen-bond acceptors (Lipinski definition) is 5. The molecule has 0 spiro atoms. The molecule has 0 atom stereocenters. The average Bonchev–Trinajstić information content (AvgIpc) is 3.38. The molecule has 3 heterocycles. The number of carbonyl (C=O) groups excluding carboxylic acids is 1. The van der Waals surface area contributed by atoms with Crippen LogP contribution in [-0.4, -0.2) is 51.8 Å². The molecule has 7 nitrogen and oxygen atoms in total. The first kappa shape index (κ1) is 31.7. The maximum atomic E-state index is 14.1. The van der Waals surface area contributed by atoms with Crippen LogP contribution in [0.3, 0.4) is 0 Å². The second-order valence-electron chi connectivity index (χ2n) is 13.5. The lowest BCUT2D eigenvalue weighted by Crippen LogP contribution is -2.42. The lowest BCUT2D eigenvalue weighted by Gasteiger charge is -2.36. The number of hydrogen-bond donors (Lipinski definition) is 1. The first-order valence-electron chi connectivity index (χ1n) is 15.7. The number of amides is 1. The van der Waals surface area contributed by atoms with E-state index in [-0.39, 0.29) is 10.9 Å². The molecule has 0 bridgehead atoms. The summed E-state index contributed by atoms with van der Waals surface area (Å²) in [6, 6.07) is 18.6. The minimum absolute atomic E-state index is 0.000176. The fraction of sp³-hybridized carbons (Fsp3) is 0.417. The molecule has 0 unspecified atom stereocenters. The smallest absolute Gasteiger partial charge is 0.272 e. The molecule has 5 rings (SSSR count). The Labute approximate surface area is 263 Å². The molecule has 1 aliphatic heterocycles. The number of benzene rings is 2. The van der Waals surface area contributed by atoms with Gasteiger partial charge in [0.2, 0.25) is 0 Å². The number of nitrogens with zero attached hydrogens (tertiary/aromatic N) is 4. The molecule has 0 fully saturated rings. The van der Waals surface area contributed by atoms with Gasteiger partial charge in [0.25, 0.3) is 5.91 Å². The summed E-state index contributed by atoms with van der Waals surface area (Å²) in [5, 5.41) is 4.85. The second kappa shape index (κ2) is 12.7. The first-order chi connectivity index (χ1) is 20.9. The van der Waals surface area contributed by atoms with E-state index < -0.39 is 8.32 Å². The van der Waals surface area contributed by atoms with E-state index in [4.69, 9.17) is 9.84 Å². The summed E-state index contributed by atoms with van der Waals surface area (Å²) >= 11 is 0. The Balaban J connectivity index is 1.42. The van der Waals surface area contributed by atoms with Gasteiger partial charge in [0.05, 0.1) is 6.54 Å². The van der Waals surface area contributed by atoms with Crippen molar-refractivity contribution < 1.29 is 14.3 Å². The van der Waals surface area contributed by atoms with E-state index in [1.165, 1.54) is 5.56 Å². The minimum Gasteiger partial charge on any atom is -0.489 e. The van der Waals surface area contributed by atoms with Crippen molar-refractivity contribution in [3.63, 3.8) is 0 Å². The van der Waals surface area contributed by atoms with E-state index in [2.05, 4.69) is 63.0 Å². The standard InChI is InChI=1S/C36H46N4O3Si/c1-25(2)28-11-9-27(10-12-28)24-43-31-14-13-30(23-26(31)3)32-33(29-15-18-37-19-16-29)38-40-22-21-39(35(41)34(32)40)20-8-17-36(4,5)44(6,7)42/h9-16,18-19,23,25,42H,8,17,20-22,24H2,1-7H3. The molecule has 8 heteroatoms. The van der Waals surface area contributed by atoms with Crippen LogP contribution in [0.15, 0.2) is 67.0 Å². The van der Waals surface area contributed by atoms with Gasteiger partial charge in [-0.15, -0.1) is 0 Å². The summed E-state index contributed by atoms with van der Waals surface area (Å²) in [4.78, 5) is 31.0. The molecule has 232 valence electrons. The molecule has 1 aliphatic rings. The molecule has 0 radical (unpaired) electrons. The lowest BCUT2D eigenvalue weighted by atomic mass is 9.96. The van der Waals surface area contributed by atoms with Crippen LogP contribution in [0, 0.1) is 6.92 Å². The molecular formula is C36H46N4O3Si. The molecule has 4 aromatic rings. The van der Waals surface area contributed by atoms with E-state index in [1.54, 1.807) is 12.4 Å². The first-order valence-corrected chi connectivity index (χ1v) is 18.7. The summed E-state index contributed by atoms with van der Waals surface area (Å²) in [5.74, 6) is 1.32. The Morgan fingerprint density at radius 3 is 2.34 bits per heavy atom. The Morgan fingerprint density at radius 1 is 1.00 bits per heavy atom. The molecule has 2 aromatic heterocycles. The van der Waals surface area contributed by atoms with Gasteiger partial charge in [-0.1, -0.05) is 58.0 Å². The normalized spacial score (nSPS) is 13.8.